The van der Waals surface area contributed by atoms with Crippen molar-refractivity contribution in [2.75, 3.05) is 19.7 Å². The Kier molecular flexibility index (Phi) is 5.82. The van der Waals surface area contributed by atoms with Gasteiger partial charge < -0.3 is 14.9 Å². The molecule has 1 aromatic carbocycles. The van der Waals surface area contributed by atoms with Crippen molar-refractivity contribution in [1.29, 1.82) is 0 Å². The van der Waals surface area contributed by atoms with E-state index in [0.717, 1.165) is 24.0 Å². The SMILES string of the molecule is CCCC#Cc1ccc([C@H]2[C@@H](CO)N3C(=O)CN(C(=O)c4ccncc4)C[C@@H]23)cc1. The smallest absolute Gasteiger partial charge is 0.254 e. The van der Waals surface area contributed by atoms with Gasteiger partial charge in [-0.2, -0.15) is 0 Å². The Bertz CT molecular complexity index is 978. The molecule has 2 amide bonds. The Morgan fingerprint density at radius 2 is 1.93 bits per heavy atom. The molecule has 3 atom stereocenters. The van der Waals surface area contributed by atoms with Gasteiger partial charge >= 0.3 is 0 Å². The third-order valence-electron chi connectivity index (χ3n) is 5.87. The second-order valence-electron chi connectivity index (χ2n) is 7.74. The largest absolute Gasteiger partial charge is 0.394 e. The highest BCUT2D eigenvalue weighted by Crippen LogP contribution is 2.43. The number of piperazine rings is 1. The molecule has 6 heteroatoms. The monoisotopic (exact) mass is 403 g/mol. The van der Waals surface area contributed by atoms with Crippen LogP contribution in [0.1, 0.15) is 47.2 Å². The van der Waals surface area contributed by atoms with Crippen molar-refractivity contribution in [3.63, 3.8) is 0 Å². The van der Waals surface area contributed by atoms with Crippen LogP contribution in [0.5, 0.6) is 0 Å². The quantitative estimate of drug-likeness (QED) is 0.793. The van der Waals surface area contributed by atoms with Crippen LogP contribution in [0, 0.1) is 11.8 Å². The fourth-order valence-corrected chi connectivity index (χ4v) is 4.41. The summed E-state index contributed by atoms with van der Waals surface area (Å²) in [7, 11) is 0. The zero-order valence-electron chi connectivity index (χ0n) is 17.0. The molecule has 2 aliphatic heterocycles. The molecule has 2 aliphatic rings. The number of fused-ring (bicyclic) bond motifs is 1. The molecular weight excluding hydrogens is 378 g/mol. The fraction of sp³-hybridized carbons (Fsp3) is 0.375. The molecule has 30 heavy (non-hydrogen) atoms. The number of hydrogen-bond donors (Lipinski definition) is 1. The molecule has 1 aromatic heterocycles. The second kappa shape index (κ2) is 8.68. The molecule has 0 aliphatic carbocycles. The zero-order chi connectivity index (χ0) is 21.1. The second-order valence-corrected chi connectivity index (χ2v) is 7.74. The van der Waals surface area contributed by atoms with E-state index in [9.17, 15) is 14.7 Å². The van der Waals surface area contributed by atoms with Gasteiger partial charge in [-0.1, -0.05) is 30.9 Å². The first kappa shape index (κ1) is 20.1. The first-order valence-electron chi connectivity index (χ1n) is 10.3. The highest BCUT2D eigenvalue weighted by atomic mass is 16.3. The van der Waals surface area contributed by atoms with Crippen LogP contribution in [0.2, 0.25) is 0 Å². The summed E-state index contributed by atoms with van der Waals surface area (Å²) in [4.78, 5) is 32.9. The van der Waals surface area contributed by atoms with E-state index in [1.165, 1.54) is 0 Å². The number of aliphatic hydroxyl groups is 1. The minimum Gasteiger partial charge on any atom is -0.394 e. The zero-order valence-corrected chi connectivity index (χ0v) is 17.0. The van der Waals surface area contributed by atoms with Gasteiger partial charge in [0.2, 0.25) is 5.91 Å². The Hall–Kier alpha value is -3.17. The van der Waals surface area contributed by atoms with Gasteiger partial charge in [0.1, 0.15) is 6.54 Å². The molecule has 2 aromatic rings. The number of benzene rings is 1. The molecule has 0 unspecified atom stereocenters. The number of nitrogens with zero attached hydrogens (tertiary/aromatic N) is 3. The predicted molar refractivity (Wildman–Crippen MR) is 113 cm³/mol. The van der Waals surface area contributed by atoms with Gasteiger partial charge in [-0.15, -0.1) is 0 Å². The molecule has 154 valence electrons. The summed E-state index contributed by atoms with van der Waals surface area (Å²) < 4.78 is 0. The van der Waals surface area contributed by atoms with Gasteiger partial charge in [0.15, 0.2) is 0 Å². The standard InChI is InChI=1S/C24H25N3O3/c1-2-3-4-5-17-6-8-18(9-7-17)23-20-14-26(15-22(29)27(20)21(23)16-28)24(30)19-10-12-25-13-11-19/h6-13,20-21,23,28H,2-3,14-16H2,1H3/t20-,21+,23+/m0/s1. The molecule has 2 fully saturated rings. The van der Waals surface area contributed by atoms with Crippen LogP contribution in [-0.4, -0.2) is 63.5 Å². The van der Waals surface area contributed by atoms with E-state index in [-0.39, 0.29) is 43.0 Å². The summed E-state index contributed by atoms with van der Waals surface area (Å²) in [5.41, 5.74) is 2.54. The molecule has 4 rings (SSSR count). The summed E-state index contributed by atoms with van der Waals surface area (Å²) in [6.07, 6.45) is 5.05. The lowest BCUT2D eigenvalue weighted by Crippen LogP contribution is -2.73. The van der Waals surface area contributed by atoms with Crippen molar-refractivity contribution in [3.05, 3.63) is 65.5 Å². The Labute approximate surface area is 176 Å². The number of aliphatic hydroxyl groups excluding tert-OH is 1. The average molecular weight is 403 g/mol. The molecule has 0 spiro atoms. The molecule has 3 heterocycles. The molecule has 1 N–H and O–H groups in total. The van der Waals surface area contributed by atoms with Gasteiger partial charge in [0, 0.05) is 42.4 Å². The van der Waals surface area contributed by atoms with Crippen molar-refractivity contribution < 1.29 is 14.7 Å². The minimum absolute atomic E-state index is 0.00959. The molecule has 0 saturated carbocycles. The van der Waals surface area contributed by atoms with E-state index in [1.54, 1.807) is 34.3 Å². The summed E-state index contributed by atoms with van der Waals surface area (Å²) in [6.45, 7) is 2.49. The van der Waals surface area contributed by atoms with E-state index in [0.29, 0.717) is 12.1 Å². The fourth-order valence-electron chi connectivity index (χ4n) is 4.41. The van der Waals surface area contributed by atoms with Crippen LogP contribution < -0.4 is 0 Å². The summed E-state index contributed by atoms with van der Waals surface area (Å²) in [6, 6.07) is 10.9. The van der Waals surface area contributed by atoms with E-state index >= 15 is 0 Å². The van der Waals surface area contributed by atoms with Crippen molar-refractivity contribution in [1.82, 2.24) is 14.8 Å². The molecule has 2 saturated heterocycles. The number of unbranched alkanes of at least 4 members (excludes halogenated alkanes) is 1. The summed E-state index contributed by atoms with van der Waals surface area (Å²) >= 11 is 0. The van der Waals surface area contributed by atoms with Crippen molar-refractivity contribution in [2.45, 2.75) is 37.8 Å². The maximum Gasteiger partial charge on any atom is 0.254 e. The first-order valence-corrected chi connectivity index (χ1v) is 10.3. The lowest BCUT2D eigenvalue weighted by atomic mass is 9.73. The molecule has 0 radical (unpaired) electrons. The van der Waals surface area contributed by atoms with E-state index < -0.39 is 0 Å². The number of rotatable bonds is 4. The average Bonchev–Trinajstić information content (AvgIpc) is 2.76. The van der Waals surface area contributed by atoms with E-state index in [1.807, 2.05) is 24.3 Å². The lowest BCUT2D eigenvalue weighted by molar-refractivity contribution is -0.159. The van der Waals surface area contributed by atoms with Crippen molar-refractivity contribution >= 4 is 11.8 Å². The van der Waals surface area contributed by atoms with Crippen LogP contribution in [0.15, 0.2) is 48.8 Å². The summed E-state index contributed by atoms with van der Waals surface area (Å²) in [5.74, 6) is 6.00. The van der Waals surface area contributed by atoms with Gasteiger partial charge in [0.25, 0.3) is 5.91 Å². The molecule has 6 nitrogen and oxygen atoms in total. The van der Waals surface area contributed by atoms with Crippen LogP contribution in [-0.2, 0) is 4.79 Å². The molecular formula is C24H25N3O3. The third-order valence-corrected chi connectivity index (χ3v) is 5.87. The highest BCUT2D eigenvalue weighted by molar-refractivity contribution is 5.97. The van der Waals surface area contributed by atoms with Crippen molar-refractivity contribution in [3.8, 4) is 11.8 Å². The number of amides is 2. The van der Waals surface area contributed by atoms with Gasteiger partial charge in [0.05, 0.1) is 18.7 Å². The van der Waals surface area contributed by atoms with Crippen LogP contribution in [0.4, 0.5) is 0 Å². The van der Waals surface area contributed by atoms with Gasteiger partial charge in [-0.3, -0.25) is 14.6 Å². The normalized spacial score (nSPS) is 22.6. The van der Waals surface area contributed by atoms with Crippen LogP contribution >= 0.6 is 0 Å². The van der Waals surface area contributed by atoms with E-state index in [4.69, 9.17) is 0 Å². The number of pyridine rings is 1. The van der Waals surface area contributed by atoms with Crippen LogP contribution in [0.3, 0.4) is 0 Å². The first-order chi connectivity index (χ1) is 14.6. The highest BCUT2D eigenvalue weighted by Gasteiger charge is 2.54. The van der Waals surface area contributed by atoms with E-state index in [2.05, 4.69) is 23.7 Å². The maximum atomic E-state index is 12.8. The number of carbonyl (C=O) groups excluding carboxylic acids is 2. The Morgan fingerprint density at radius 1 is 1.20 bits per heavy atom. The predicted octanol–water partition coefficient (Wildman–Crippen LogP) is 2.04. The lowest BCUT2D eigenvalue weighted by Gasteiger charge is -2.58. The number of hydrogen-bond acceptors (Lipinski definition) is 4. The summed E-state index contributed by atoms with van der Waals surface area (Å²) in [5, 5.41) is 9.92. The third kappa shape index (κ3) is 3.69. The minimum atomic E-state index is -0.252. The Balaban J connectivity index is 1.54. The topological polar surface area (TPSA) is 73.7 Å². The van der Waals surface area contributed by atoms with Crippen molar-refractivity contribution in [2.24, 2.45) is 0 Å². The van der Waals surface area contributed by atoms with Gasteiger partial charge in [-0.05, 0) is 36.2 Å². The van der Waals surface area contributed by atoms with Crippen LogP contribution in [0.25, 0.3) is 0 Å². The maximum absolute atomic E-state index is 12.8. The molecule has 0 bridgehead atoms. The van der Waals surface area contributed by atoms with Gasteiger partial charge in [-0.25, -0.2) is 0 Å². The number of carbonyl (C=O) groups is 2. The number of aromatic nitrogens is 1. The Morgan fingerprint density at radius 3 is 2.60 bits per heavy atom.